The third-order valence-electron chi connectivity index (χ3n) is 4.32. The molecule has 0 bridgehead atoms. The Morgan fingerprint density at radius 3 is 2.50 bits per heavy atom. The van der Waals surface area contributed by atoms with Crippen LogP contribution < -0.4 is 5.32 Å². The van der Waals surface area contributed by atoms with Crippen molar-refractivity contribution in [2.45, 2.75) is 39.2 Å². The molecule has 1 aromatic carbocycles. The van der Waals surface area contributed by atoms with E-state index < -0.39 is 0 Å². The first-order chi connectivity index (χ1) is 11.5. The maximum Gasteiger partial charge on any atom is 0.228 e. The Kier molecular flexibility index (Phi) is 4.71. The van der Waals surface area contributed by atoms with Gasteiger partial charge in [0.15, 0.2) is 0 Å². The first-order valence-electron chi connectivity index (χ1n) is 8.49. The van der Waals surface area contributed by atoms with Crippen LogP contribution in [-0.2, 0) is 15.1 Å². The summed E-state index contributed by atoms with van der Waals surface area (Å²) >= 11 is 0. The lowest BCUT2D eigenvalue weighted by Gasteiger charge is -2.25. The van der Waals surface area contributed by atoms with Crippen molar-refractivity contribution in [3.63, 3.8) is 0 Å². The summed E-state index contributed by atoms with van der Waals surface area (Å²) in [5.41, 5.74) is 1.78. The molecular weight excluding hydrogens is 302 g/mol. The van der Waals surface area contributed by atoms with Crippen LogP contribution in [0.15, 0.2) is 36.5 Å². The fraction of sp³-hybridized carbons (Fsp3) is 0.474. The topological polar surface area (TPSA) is 56.2 Å². The highest BCUT2D eigenvalue weighted by Crippen LogP contribution is 2.32. The molecule has 1 aliphatic rings. The molecule has 0 unspecified atom stereocenters. The van der Waals surface area contributed by atoms with Gasteiger partial charge in [0, 0.05) is 24.7 Å². The van der Waals surface area contributed by atoms with E-state index in [2.05, 4.69) is 31.2 Å². The van der Waals surface area contributed by atoms with Crippen LogP contribution in [0, 0.1) is 5.92 Å². The van der Waals surface area contributed by atoms with E-state index >= 15 is 0 Å². The Bertz CT molecular complexity index is 695. The molecule has 0 radical (unpaired) electrons. The maximum atomic E-state index is 12.7. The molecule has 1 aromatic heterocycles. The first kappa shape index (κ1) is 16.7. The normalized spacial score (nSPS) is 16.1. The average Bonchev–Trinajstić information content (AvgIpc) is 3.00. The molecule has 3 rings (SSSR count). The molecule has 128 valence electrons. The lowest BCUT2D eigenvalue weighted by molar-refractivity contribution is -0.122. The second-order valence-electron chi connectivity index (χ2n) is 7.23. The van der Waals surface area contributed by atoms with Gasteiger partial charge in [0.25, 0.3) is 0 Å². The van der Waals surface area contributed by atoms with E-state index in [0.717, 1.165) is 29.8 Å². The van der Waals surface area contributed by atoms with Crippen molar-refractivity contribution >= 4 is 11.7 Å². The second-order valence-corrected chi connectivity index (χ2v) is 7.23. The number of rotatable bonds is 3. The molecule has 0 spiro atoms. The number of anilines is 1. The number of nitrogens with one attached hydrogen (secondary N) is 1. The molecule has 2 aromatic rings. The van der Waals surface area contributed by atoms with Crippen LogP contribution in [0.4, 0.5) is 5.82 Å². The van der Waals surface area contributed by atoms with Gasteiger partial charge in [-0.25, -0.2) is 4.68 Å². The minimum absolute atomic E-state index is 0.00527. The van der Waals surface area contributed by atoms with Gasteiger partial charge in [-0.15, -0.1) is 0 Å². The van der Waals surface area contributed by atoms with Crippen LogP contribution in [0.3, 0.4) is 0 Å². The SMILES string of the molecule is CC(C)(C)n1ncc(-c2ccccc2)c1NC(=O)C1CCOCC1. The summed E-state index contributed by atoms with van der Waals surface area (Å²) in [5, 5.41) is 7.68. The van der Waals surface area contributed by atoms with Crippen molar-refractivity contribution in [2.75, 3.05) is 18.5 Å². The largest absolute Gasteiger partial charge is 0.381 e. The molecule has 0 aliphatic carbocycles. The predicted molar refractivity (Wildman–Crippen MR) is 94.8 cm³/mol. The summed E-state index contributed by atoms with van der Waals surface area (Å²) in [5.74, 6) is 0.831. The Morgan fingerprint density at radius 1 is 1.21 bits per heavy atom. The smallest absolute Gasteiger partial charge is 0.228 e. The molecule has 24 heavy (non-hydrogen) atoms. The van der Waals surface area contributed by atoms with E-state index in [0.29, 0.717) is 13.2 Å². The van der Waals surface area contributed by atoms with Gasteiger partial charge < -0.3 is 10.1 Å². The van der Waals surface area contributed by atoms with Crippen molar-refractivity contribution in [1.29, 1.82) is 0 Å². The average molecular weight is 327 g/mol. The number of nitrogens with zero attached hydrogens (tertiary/aromatic N) is 2. The van der Waals surface area contributed by atoms with E-state index in [-0.39, 0.29) is 17.4 Å². The van der Waals surface area contributed by atoms with Crippen LogP contribution in [0.2, 0.25) is 0 Å². The molecule has 1 amide bonds. The van der Waals surface area contributed by atoms with Gasteiger partial charge in [0.1, 0.15) is 5.82 Å². The summed E-state index contributed by atoms with van der Waals surface area (Å²) in [6.07, 6.45) is 3.38. The van der Waals surface area contributed by atoms with Crippen LogP contribution >= 0.6 is 0 Å². The third-order valence-corrected chi connectivity index (χ3v) is 4.32. The number of hydrogen-bond donors (Lipinski definition) is 1. The number of benzene rings is 1. The zero-order chi connectivity index (χ0) is 17.2. The van der Waals surface area contributed by atoms with Crippen LogP contribution in [0.5, 0.6) is 0 Å². The number of carbonyl (C=O) groups is 1. The fourth-order valence-electron chi connectivity index (χ4n) is 2.98. The van der Waals surface area contributed by atoms with Gasteiger partial charge in [-0.3, -0.25) is 4.79 Å². The fourth-order valence-corrected chi connectivity index (χ4v) is 2.98. The minimum Gasteiger partial charge on any atom is -0.381 e. The molecule has 1 aliphatic heterocycles. The highest BCUT2D eigenvalue weighted by atomic mass is 16.5. The number of aromatic nitrogens is 2. The molecular formula is C19H25N3O2. The molecule has 5 nitrogen and oxygen atoms in total. The lowest BCUT2D eigenvalue weighted by Crippen LogP contribution is -2.32. The van der Waals surface area contributed by atoms with Crippen LogP contribution in [-0.4, -0.2) is 28.9 Å². The molecule has 0 saturated carbocycles. The molecule has 1 fully saturated rings. The van der Waals surface area contributed by atoms with Gasteiger partial charge in [-0.1, -0.05) is 30.3 Å². The maximum absolute atomic E-state index is 12.7. The van der Waals surface area contributed by atoms with E-state index in [4.69, 9.17) is 4.74 Å². The molecule has 0 atom stereocenters. The van der Waals surface area contributed by atoms with Gasteiger partial charge in [0.05, 0.1) is 11.7 Å². The Labute approximate surface area is 143 Å². The predicted octanol–water partition coefficient (Wildman–Crippen LogP) is 3.67. The van der Waals surface area contributed by atoms with Gasteiger partial charge in [-0.2, -0.15) is 5.10 Å². The number of carbonyl (C=O) groups excluding carboxylic acids is 1. The zero-order valence-electron chi connectivity index (χ0n) is 14.6. The minimum atomic E-state index is -0.217. The van der Waals surface area contributed by atoms with Crippen molar-refractivity contribution in [3.8, 4) is 11.1 Å². The molecule has 5 heteroatoms. The first-order valence-corrected chi connectivity index (χ1v) is 8.49. The summed E-state index contributed by atoms with van der Waals surface area (Å²) in [4.78, 5) is 12.7. The Morgan fingerprint density at radius 2 is 1.88 bits per heavy atom. The van der Waals surface area contributed by atoms with Gasteiger partial charge >= 0.3 is 0 Å². The van der Waals surface area contributed by atoms with Gasteiger partial charge in [0.2, 0.25) is 5.91 Å². The highest BCUT2D eigenvalue weighted by molar-refractivity contribution is 5.95. The van der Waals surface area contributed by atoms with Crippen LogP contribution in [0.25, 0.3) is 11.1 Å². The highest BCUT2D eigenvalue weighted by Gasteiger charge is 2.27. The monoisotopic (exact) mass is 327 g/mol. The van der Waals surface area contributed by atoms with Crippen LogP contribution in [0.1, 0.15) is 33.6 Å². The quantitative estimate of drug-likeness (QED) is 0.936. The van der Waals surface area contributed by atoms with E-state index in [9.17, 15) is 4.79 Å². The molecule has 2 heterocycles. The van der Waals surface area contributed by atoms with Crippen molar-refractivity contribution in [2.24, 2.45) is 5.92 Å². The Hall–Kier alpha value is -2.14. The van der Waals surface area contributed by atoms with E-state index in [1.807, 2.05) is 41.2 Å². The standard InChI is InChI=1S/C19H25N3O2/c1-19(2,3)22-17(21-18(23)15-9-11-24-12-10-15)16(13-20-22)14-7-5-4-6-8-14/h4-8,13,15H,9-12H2,1-3H3,(H,21,23). The summed E-state index contributed by atoms with van der Waals surface area (Å²) < 4.78 is 7.25. The summed E-state index contributed by atoms with van der Waals surface area (Å²) in [6.45, 7) is 7.56. The number of ether oxygens (including phenoxy) is 1. The van der Waals surface area contributed by atoms with Gasteiger partial charge in [-0.05, 0) is 39.2 Å². The molecule has 1 saturated heterocycles. The summed E-state index contributed by atoms with van der Waals surface area (Å²) in [7, 11) is 0. The lowest BCUT2D eigenvalue weighted by atomic mass is 9.99. The number of amides is 1. The Balaban J connectivity index is 1.94. The van der Waals surface area contributed by atoms with E-state index in [1.54, 1.807) is 0 Å². The number of hydrogen-bond acceptors (Lipinski definition) is 3. The van der Waals surface area contributed by atoms with Crippen molar-refractivity contribution < 1.29 is 9.53 Å². The molecule has 1 N–H and O–H groups in total. The summed E-state index contributed by atoms with van der Waals surface area (Å²) in [6, 6.07) is 10.0. The zero-order valence-corrected chi connectivity index (χ0v) is 14.6. The second kappa shape index (κ2) is 6.77. The third kappa shape index (κ3) is 3.51. The van der Waals surface area contributed by atoms with E-state index in [1.165, 1.54) is 0 Å². The van der Waals surface area contributed by atoms with Crippen molar-refractivity contribution in [3.05, 3.63) is 36.5 Å². The van der Waals surface area contributed by atoms with Crippen molar-refractivity contribution in [1.82, 2.24) is 9.78 Å².